The third-order valence-corrected chi connectivity index (χ3v) is 1.81. The number of aromatic amines is 1. The standard InChI is InChI=1S/C7H5BrN4/c8-6-3-5(11-4-12-6)7-9-1-2-10-7/h1-4H,(H,9,10). The number of H-pyrrole nitrogens is 1. The lowest BCUT2D eigenvalue weighted by atomic mass is 10.4. The molecule has 2 aromatic rings. The zero-order chi connectivity index (χ0) is 8.39. The second-order valence-electron chi connectivity index (χ2n) is 2.16. The molecule has 0 atom stereocenters. The molecule has 0 spiro atoms. The van der Waals surface area contributed by atoms with Gasteiger partial charge in [0, 0.05) is 18.5 Å². The molecule has 12 heavy (non-hydrogen) atoms. The van der Waals surface area contributed by atoms with Gasteiger partial charge in [0.2, 0.25) is 0 Å². The summed E-state index contributed by atoms with van der Waals surface area (Å²) in [5, 5.41) is 0. The number of hydrogen-bond acceptors (Lipinski definition) is 3. The summed E-state index contributed by atoms with van der Waals surface area (Å²) in [6.07, 6.45) is 4.93. The number of aromatic nitrogens is 4. The Morgan fingerprint density at radius 3 is 2.83 bits per heavy atom. The van der Waals surface area contributed by atoms with Crippen LogP contribution in [0.15, 0.2) is 29.4 Å². The van der Waals surface area contributed by atoms with E-state index in [0.717, 1.165) is 16.1 Å². The molecule has 0 aliphatic heterocycles. The van der Waals surface area contributed by atoms with Crippen LogP contribution in [0.5, 0.6) is 0 Å². The molecule has 0 fully saturated rings. The number of nitrogens with one attached hydrogen (secondary N) is 1. The van der Waals surface area contributed by atoms with Crippen LogP contribution in [0.25, 0.3) is 11.5 Å². The van der Waals surface area contributed by atoms with Gasteiger partial charge in [0.1, 0.15) is 16.6 Å². The van der Waals surface area contributed by atoms with E-state index in [1.807, 2.05) is 0 Å². The van der Waals surface area contributed by atoms with E-state index in [9.17, 15) is 0 Å². The second kappa shape index (κ2) is 3.02. The minimum absolute atomic E-state index is 0.748. The molecule has 0 bridgehead atoms. The van der Waals surface area contributed by atoms with E-state index in [1.54, 1.807) is 18.5 Å². The van der Waals surface area contributed by atoms with Gasteiger partial charge in [-0.15, -0.1) is 0 Å². The van der Waals surface area contributed by atoms with Gasteiger partial charge in [-0.1, -0.05) is 0 Å². The minimum Gasteiger partial charge on any atom is -0.343 e. The highest BCUT2D eigenvalue weighted by Crippen LogP contribution is 2.13. The zero-order valence-electron chi connectivity index (χ0n) is 6.03. The third-order valence-electron chi connectivity index (χ3n) is 1.37. The molecule has 0 aromatic carbocycles. The normalized spacial score (nSPS) is 10.1. The van der Waals surface area contributed by atoms with Gasteiger partial charge in [0.25, 0.3) is 0 Å². The number of rotatable bonds is 1. The smallest absolute Gasteiger partial charge is 0.156 e. The summed E-state index contributed by atoms with van der Waals surface area (Å²) in [6.45, 7) is 0. The number of hydrogen-bond donors (Lipinski definition) is 1. The molecule has 0 aliphatic rings. The third kappa shape index (κ3) is 1.35. The van der Waals surface area contributed by atoms with Crippen LogP contribution in [-0.4, -0.2) is 19.9 Å². The molecule has 0 saturated carbocycles. The van der Waals surface area contributed by atoms with Gasteiger partial charge in [-0.25, -0.2) is 15.0 Å². The van der Waals surface area contributed by atoms with Gasteiger partial charge in [0.15, 0.2) is 5.82 Å². The number of imidazole rings is 1. The zero-order valence-corrected chi connectivity index (χ0v) is 7.62. The average Bonchev–Trinajstić information content (AvgIpc) is 2.56. The Morgan fingerprint density at radius 1 is 1.25 bits per heavy atom. The summed E-state index contributed by atoms with van der Waals surface area (Å²) in [5.74, 6) is 0.748. The van der Waals surface area contributed by atoms with E-state index < -0.39 is 0 Å². The highest BCUT2D eigenvalue weighted by atomic mass is 79.9. The fraction of sp³-hybridized carbons (Fsp3) is 0. The largest absolute Gasteiger partial charge is 0.343 e. The summed E-state index contributed by atoms with van der Waals surface area (Å²) in [6, 6.07) is 1.80. The molecule has 0 radical (unpaired) electrons. The molecule has 0 amide bonds. The van der Waals surface area contributed by atoms with Crippen molar-refractivity contribution in [1.82, 2.24) is 19.9 Å². The Labute approximate surface area is 77.2 Å². The first-order chi connectivity index (χ1) is 5.86. The maximum Gasteiger partial charge on any atom is 0.156 e. The summed E-state index contributed by atoms with van der Waals surface area (Å²) >= 11 is 3.25. The molecule has 0 unspecified atom stereocenters. The van der Waals surface area contributed by atoms with Gasteiger partial charge >= 0.3 is 0 Å². The first-order valence-electron chi connectivity index (χ1n) is 3.33. The summed E-state index contributed by atoms with van der Waals surface area (Å²) in [4.78, 5) is 15.0. The van der Waals surface area contributed by atoms with E-state index in [-0.39, 0.29) is 0 Å². The molecule has 2 aromatic heterocycles. The molecule has 2 rings (SSSR count). The molecule has 4 nitrogen and oxygen atoms in total. The quantitative estimate of drug-likeness (QED) is 0.750. The van der Waals surface area contributed by atoms with Crippen molar-refractivity contribution in [3.8, 4) is 11.5 Å². The Bertz CT molecular complexity index is 371. The van der Waals surface area contributed by atoms with Crippen molar-refractivity contribution in [2.75, 3.05) is 0 Å². The maximum atomic E-state index is 4.06. The van der Waals surface area contributed by atoms with Gasteiger partial charge in [0.05, 0.1) is 0 Å². The topological polar surface area (TPSA) is 54.5 Å². The van der Waals surface area contributed by atoms with Crippen molar-refractivity contribution in [1.29, 1.82) is 0 Å². The SMILES string of the molecule is Brc1cc(-c2ncc[nH]2)ncn1. The Kier molecular flexibility index (Phi) is 1.87. The fourth-order valence-corrected chi connectivity index (χ4v) is 1.18. The first kappa shape index (κ1) is 7.42. The molecular weight excluding hydrogens is 220 g/mol. The lowest BCUT2D eigenvalue weighted by Gasteiger charge is -1.94. The van der Waals surface area contributed by atoms with Crippen LogP contribution in [0, 0.1) is 0 Å². The first-order valence-corrected chi connectivity index (χ1v) is 4.13. The van der Waals surface area contributed by atoms with E-state index in [2.05, 4.69) is 35.9 Å². The van der Waals surface area contributed by atoms with E-state index in [1.165, 1.54) is 6.33 Å². The van der Waals surface area contributed by atoms with Gasteiger partial charge in [-0.05, 0) is 15.9 Å². The molecule has 60 valence electrons. The van der Waals surface area contributed by atoms with E-state index in [0.29, 0.717) is 0 Å². The van der Waals surface area contributed by atoms with Crippen LogP contribution in [-0.2, 0) is 0 Å². The molecule has 1 N–H and O–H groups in total. The lowest BCUT2D eigenvalue weighted by molar-refractivity contribution is 1.12. The summed E-state index contributed by atoms with van der Waals surface area (Å²) in [7, 11) is 0. The predicted molar refractivity (Wildman–Crippen MR) is 47.3 cm³/mol. The molecule has 5 heteroatoms. The Hall–Kier alpha value is -1.23. The van der Waals surface area contributed by atoms with Crippen molar-refractivity contribution in [2.24, 2.45) is 0 Å². The van der Waals surface area contributed by atoms with Crippen molar-refractivity contribution in [2.45, 2.75) is 0 Å². The Balaban J connectivity index is 2.48. The van der Waals surface area contributed by atoms with E-state index >= 15 is 0 Å². The minimum atomic E-state index is 0.748. The average molecular weight is 225 g/mol. The highest BCUT2D eigenvalue weighted by molar-refractivity contribution is 9.10. The van der Waals surface area contributed by atoms with Crippen LogP contribution in [0.1, 0.15) is 0 Å². The van der Waals surface area contributed by atoms with Gasteiger partial charge in [-0.3, -0.25) is 0 Å². The van der Waals surface area contributed by atoms with Crippen LogP contribution in [0.2, 0.25) is 0 Å². The highest BCUT2D eigenvalue weighted by Gasteiger charge is 2.00. The van der Waals surface area contributed by atoms with Gasteiger partial charge < -0.3 is 4.98 Å². The number of halogens is 1. The van der Waals surface area contributed by atoms with Crippen LogP contribution in [0.3, 0.4) is 0 Å². The lowest BCUT2D eigenvalue weighted by Crippen LogP contribution is -1.86. The predicted octanol–water partition coefficient (Wildman–Crippen LogP) is 1.63. The van der Waals surface area contributed by atoms with Crippen LogP contribution >= 0.6 is 15.9 Å². The van der Waals surface area contributed by atoms with Crippen molar-refractivity contribution in [3.05, 3.63) is 29.4 Å². The fourth-order valence-electron chi connectivity index (χ4n) is 0.868. The van der Waals surface area contributed by atoms with Crippen molar-refractivity contribution >= 4 is 15.9 Å². The summed E-state index contributed by atoms with van der Waals surface area (Å²) in [5.41, 5.74) is 0.780. The molecular formula is C7H5BrN4. The van der Waals surface area contributed by atoms with Crippen LogP contribution in [0.4, 0.5) is 0 Å². The molecule has 0 saturated heterocycles. The van der Waals surface area contributed by atoms with Crippen LogP contribution < -0.4 is 0 Å². The van der Waals surface area contributed by atoms with E-state index in [4.69, 9.17) is 0 Å². The monoisotopic (exact) mass is 224 g/mol. The Morgan fingerprint density at radius 2 is 2.17 bits per heavy atom. The number of nitrogens with zero attached hydrogens (tertiary/aromatic N) is 3. The molecule has 2 heterocycles. The second-order valence-corrected chi connectivity index (χ2v) is 2.98. The summed E-state index contributed by atoms with van der Waals surface area (Å²) < 4.78 is 0.754. The van der Waals surface area contributed by atoms with Gasteiger partial charge in [-0.2, -0.15) is 0 Å². The maximum absolute atomic E-state index is 4.06. The van der Waals surface area contributed by atoms with Crippen molar-refractivity contribution in [3.63, 3.8) is 0 Å². The van der Waals surface area contributed by atoms with Crippen molar-refractivity contribution < 1.29 is 0 Å². The molecule has 0 aliphatic carbocycles.